The van der Waals surface area contributed by atoms with Gasteiger partial charge in [-0.3, -0.25) is 4.79 Å². The van der Waals surface area contributed by atoms with Crippen molar-refractivity contribution in [1.29, 1.82) is 0 Å². The van der Waals surface area contributed by atoms with Gasteiger partial charge in [-0.15, -0.1) is 0 Å². The number of ether oxygens (including phenoxy) is 1. The Hall–Kier alpha value is -3.64. The Balaban J connectivity index is 1.58. The van der Waals surface area contributed by atoms with Crippen LogP contribution in [0.15, 0.2) is 75.9 Å². The second-order valence-electron chi connectivity index (χ2n) is 8.52. The number of hydrogen-bond acceptors (Lipinski definition) is 5. The van der Waals surface area contributed by atoms with Crippen molar-refractivity contribution < 1.29 is 18.7 Å². The maximum Gasteiger partial charge on any atom is 0.336 e. The molecule has 1 N–H and O–H groups in total. The zero-order chi connectivity index (χ0) is 24.2. The normalized spacial score (nSPS) is 12.1. The summed E-state index contributed by atoms with van der Waals surface area (Å²) >= 11 is 5.90. The average Bonchev–Trinajstić information content (AvgIpc) is 2.81. The van der Waals surface area contributed by atoms with Crippen molar-refractivity contribution in [1.82, 2.24) is 5.32 Å². The minimum Gasteiger partial charge on any atom is -0.459 e. The molecule has 3 aromatic carbocycles. The topological polar surface area (TPSA) is 85.6 Å². The van der Waals surface area contributed by atoms with E-state index in [2.05, 4.69) is 5.32 Å². The summed E-state index contributed by atoms with van der Waals surface area (Å²) in [6, 6.07) is 18.2. The third-order valence-electron chi connectivity index (χ3n) is 5.49. The number of carbonyl (C=O) groups excluding carboxylic acids is 2. The summed E-state index contributed by atoms with van der Waals surface area (Å²) < 4.78 is 11.0. The van der Waals surface area contributed by atoms with Crippen LogP contribution < -0.4 is 10.9 Å². The molecule has 1 heterocycles. The molecule has 0 saturated carbocycles. The first-order chi connectivity index (χ1) is 16.3. The van der Waals surface area contributed by atoms with Gasteiger partial charge in [-0.1, -0.05) is 55.8 Å². The molecule has 0 radical (unpaired) electrons. The molecule has 0 saturated heterocycles. The molecule has 1 aromatic heterocycles. The summed E-state index contributed by atoms with van der Waals surface area (Å²) in [7, 11) is 0. The summed E-state index contributed by atoms with van der Waals surface area (Å²) in [5.41, 5.74) is 0.837. The van der Waals surface area contributed by atoms with Crippen molar-refractivity contribution in [2.75, 3.05) is 0 Å². The van der Waals surface area contributed by atoms with E-state index in [1.807, 2.05) is 44.2 Å². The molecule has 0 unspecified atom stereocenters. The highest BCUT2D eigenvalue weighted by Gasteiger charge is 2.24. The van der Waals surface area contributed by atoms with Gasteiger partial charge in [0.15, 0.2) is 0 Å². The first-order valence-corrected chi connectivity index (χ1v) is 11.4. The van der Waals surface area contributed by atoms with Gasteiger partial charge in [-0.05, 0) is 53.4 Å². The molecule has 0 spiro atoms. The zero-order valence-corrected chi connectivity index (χ0v) is 19.6. The molecule has 7 heteroatoms. The smallest absolute Gasteiger partial charge is 0.336 e. The Morgan fingerprint density at radius 2 is 1.76 bits per heavy atom. The molecule has 0 bridgehead atoms. The van der Waals surface area contributed by atoms with Gasteiger partial charge in [0, 0.05) is 27.6 Å². The Kier molecular flexibility index (Phi) is 6.98. The lowest BCUT2D eigenvalue weighted by Crippen LogP contribution is -2.42. The van der Waals surface area contributed by atoms with Crippen LogP contribution in [0.2, 0.25) is 5.02 Å². The van der Waals surface area contributed by atoms with E-state index >= 15 is 0 Å². The number of esters is 1. The zero-order valence-electron chi connectivity index (χ0n) is 18.8. The van der Waals surface area contributed by atoms with Gasteiger partial charge in [-0.2, -0.15) is 0 Å². The van der Waals surface area contributed by atoms with E-state index in [0.717, 1.165) is 16.2 Å². The molecular formula is C27H24ClNO5. The number of halogens is 1. The van der Waals surface area contributed by atoms with Gasteiger partial charge in [0.1, 0.15) is 18.2 Å². The summed E-state index contributed by atoms with van der Waals surface area (Å²) in [6.45, 7) is 3.79. The van der Waals surface area contributed by atoms with E-state index in [1.54, 1.807) is 30.3 Å². The fraction of sp³-hybridized carbons (Fsp3) is 0.222. The van der Waals surface area contributed by atoms with Crippen LogP contribution in [-0.2, 0) is 16.1 Å². The molecule has 0 aliphatic rings. The van der Waals surface area contributed by atoms with E-state index in [4.69, 9.17) is 20.8 Å². The van der Waals surface area contributed by atoms with Crippen molar-refractivity contribution in [3.63, 3.8) is 0 Å². The van der Waals surface area contributed by atoms with Gasteiger partial charge < -0.3 is 14.5 Å². The Bertz CT molecular complexity index is 1410. The summed E-state index contributed by atoms with van der Waals surface area (Å²) in [6.07, 6.45) is 0.402. The van der Waals surface area contributed by atoms with Crippen molar-refractivity contribution in [3.05, 3.63) is 93.3 Å². The lowest BCUT2D eigenvalue weighted by molar-refractivity contribution is -0.147. The largest absolute Gasteiger partial charge is 0.459 e. The van der Waals surface area contributed by atoms with E-state index in [1.165, 1.54) is 6.07 Å². The first-order valence-electron chi connectivity index (χ1n) is 11.0. The maximum atomic E-state index is 13.0. The van der Waals surface area contributed by atoms with Crippen LogP contribution in [0.3, 0.4) is 0 Å². The fourth-order valence-corrected chi connectivity index (χ4v) is 4.04. The number of rotatable bonds is 7. The van der Waals surface area contributed by atoms with Crippen LogP contribution in [0, 0.1) is 5.92 Å². The quantitative estimate of drug-likeness (QED) is 0.216. The van der Waals surface area contributed by atoms with E-state index in [9.17, 15) is 14.4 Å². The number of carbonyl (C=O) groups is 2. The summed E-state index contributed by atoms with van der Waals surface area (Å²) in [4.78, 5) is 37.8. The minimum atomic E-state index is -0.841. The average molecular weight is 478 g/mol. The first kappa shape index (κ1) is 23.5. The molecule has 0 aliphatic heterocycles. The van der Waals surface area contributed by atoms with E-state index in [-0.39, 0.29) is 12.5 Å². The van der Waals surface area contributed by atoms with Crippen molar-refractivity contribution in [2.24, 2.45) is 5.92 Å². The van der Waals surface area contributed by atoms with Crippen molar-refractivity contribution in [3.8, 4) is 0 Å². The Morgan fingerprint density at radius 3 is 2.50 bits per heavy atom. The van der Waals surface area contributed by atoms with E-state index in [0.29, 0.717) is 28.2 Å². The molecule has 0 aliphatic carbocycles. The molecule has 174 valence electrons. The van der Waals surface area contributed by atoms with Crippen LogP contribution in [0.5, 0.6) is 0 Å². The predicted octanol–water partition coefficient (Wildman–Crippen LogP) is 5.49. The highest BCUT2D eigenvalue weighted by Crippen LogP contribution is 2.28. The fourth-order valence-electron chi connectivity index (χ4n) is 3.91. The molecule has 34 heavy (non-hydrogen) atoms. The maximum absolute atomic E-state index is 13.0. The van der Waals surface area contributed by atoms with Crippen LogP contribution in [0.4, 0.5) is 0 Å². The summed E-state index contributed by atoms with van der Waals surface area (Å²) in [5, 5.41) is 5.87. The Labute approximate surface area is 201 Å². The second kappa shape index (κ2) is 10.1. The van der Waals surface area contributed by atoms with Crippen molar-refractivity contribution in [2.45, 2.75) is 32.9 Å². The van der Waals surface area contributed by atoms with Gasteiger partial charge in [0.2, 0.25) is 0 Å². The van der Waals surface area contributed by atoms with Gasteiger partial charge >= 0.3 is 11.6 Å². The SMILES string of the molecule is CC(C)C[C@@H](NC(=O)c1ccc(Cl)cc1)C(=O)OCc1cc(=O)oc2ccc3ccccc3c12. The highest BCUT2D eigenvalue weighted by molar-refractivity contribution is 6.30. The van der Waals surface area contributed by atoms with Gasteiger partial charge in [0.05, 0.1) is 0 Å². The number of amides is 1. The summed E-state index contributed by atoms with van der Waals surface area (Å²) in [5.74, 6) is -0.828. The monoisotopic (exact) mass is 477 g/mol. The molecule has 6 nitrogen and oxygen atoms in total. The molecule has 0 fully saturated rings. The molecular weight excluding hydrogens is 454 g/mol. The third-order valence-corrected chi connectivity index (χ3v) is 5.74. The lowest BCUT2D eigenvalue weighted by Gasteiger charge is -2.20. The van der Waals surface area contributed by atoms with Gasteiger partial charge in [0.25, 0.3) is 5.91 Å². The number of benzene rings is 3. The van der Waals surface area contributed by atoms with E-state index < -0.39 is 23.5 Å². The van der Waals surface area contributed by atoms with Crippen molar-refractivity contribution >= 4 is 45.2 Å². The lowest BCUT2D eigenvalue weighted by atomic mass is 10.0. The number of hydrogen-bond donors (Lipinski definition) is 1. The van der Waals surface area contributed by atoms with Crippen LogP contribution in [0.1, 0.15) is 36.2 Å². The van der Waals surface area contributed by atoms with Crippen LogP contribution >= 0.6 is 11.6 Å². The molecule has 4 aromatic rings. The van der Waals surface area contributed by atoms with Gasteiger partial charge in [-0.25, -0.2) is 9.59 Å². The number of fused-ring (bicyclic) bond motifs is 3. The number of nitrogens with one attached hydrogen (secondary N) is 1. The third kappa shape index (κ3) is 5.29. The molecule has 1 atom stereocenters. The molecule has 4 rings (SSSR count). The minimum absolute atomic E-state index is 0.125. The standard InChI is InChI=1S/C27H24ClNO5/c1-16(2)13-22(29-26(31)18-7-10-20(28)11-8-18)27(32)33-15-19-14-24(30)34-23-12-9-17-5-3-4-6-21(17)25(19)23/h3-12,14,16,22H,13,15H2,1-2H3,(H,29,31)/t22-/m1/s1. The molecule has 1 amide bonds. The van der Waals surface area contributed by atoms with Crippen LogP contribution in [-0.4, -0.2) is 17.9 Å². The Morgan fingerprint density at radius 1 is 1.03 bits per heavy atom. The van der Waals surface area contributed by atoms with Crippen LogP contribution in [0.25, 0.3) is 21.7 Å². The predicted molar refractivity (Wildman–Crippen MR) is 132 cm³/mol. The second-order valence-corrected chi connectivity index (χ2v) is 8.96. The highest BCUT2D eigenvalue weighted by atomic mass is 35.5.